The molecule has 4 heteroatoms. The topological polar surface area (TPSA) is 21.3 Å². The first-order chi connectivity index (χ1) is 7.74. The van der Waals surface area contributed by atoms with Crippen molar-refractivity contribution < 1.29 is 13.5 Å². The van der Waals surface area contributed by atoms with Crippen LogP contribution in [0.3, 0.4) is 0 Å². The summed E-state index contributed by atoms with van der Waals surface area (Å²) in [5.41, 5.74) is 0.852. The maximum atomic E-state index is 12.0. The predicted octanol–water partition coefficient (Wildman–Crippen LogP) is 3.64. The van der Waals surface area contributed by atoms with Crippen LogP contribution in [0.25, 0.3) is 0 Å². The van der Waals surface area contributed by atoms with Crippen molar-refractivity contribution in [3.8, 4) is 5.75 Å². The largest absolute Gasteiger partial charge is 0.435 e. The highest BCUT2D eigenvalue weighted by Gasteiger charge is 2.14. The summed E-state index contributed by atoms with van der Waals surface area (Å²) in [6.45, 7) is -2.76. The molecular formula is C12H15F2NO. The van der Waals surface area contributed by atoms with E-state index in [2.05, 4.69) is 10.1 Å². The Hall–Kier alpha value is -1.32. The van der Waals surface area contributed by atoms with Crippen molar-refractivity contribution in [2.24, 2.45) is 0 Å². The third-order valence-electron chi connectivity index (χ3n) is 2.79. The zero-order chi connectivity index (χ0) is 11.4. The molecule has 0 spiro atoms. The highest BCUT2D eigenvalue weighted by Crippen LogP contribution is 2.25. The van der Waals surface area contributed by atoms with Crippen LogP contribution in [0.2, 0.25) is 0 Å². The Morgan fingerprint density at radius 3 is 2.69 bits per heavy atom. The molecule has 0 radical (unpaired) electrons. The van der Waals surface area contributed by atoms with Crippen LogP contribution in [0.4, 0.5) is 14.5 Å². The molecular weight excluding hydrogens is 212 g/mol. The molecule has 0 bridgehead atoms. The van der Waals surface area contributed by atoms with Gasteiger partial charge in [0.05, 0.1) is 0 Å². The van der Waals surface area contributed by atoms with Crippen LogP contribution >= 0.6 is 0 Å². The van der Waals surface area contributed by atoms with Crippen molar-refractivity contribution in [3.05, 3.63) is 24.3 Å². The molecule has 0 aromatic heterocycles. The van der Waals surface area contributed by atoms with Crippen molar-refractivity contribution in [1.29, 1.82) is 0 Å². The Morgan fingerprint density at radius 2 is 2.00 bits per heavy atom. The molecule has 0 saturated heterocycles. The Bertz CT molecular complexity index is 338. The number of halogens is 2. The van der Waals surface area contributed by atoms with Crippen LogP contribution in [0.5, 0.6) is 5.75 Å². The second kappa shape index (κ2) is 5.14. The zero-order valence-electron chi connectivity index (χ0n) is 8.96. The number of rotatable bonds is 4. The van der Waals surface area contributed by atoms with Crippen molar-refractivity contribution in [2.45, 2.75) is 38.3 Å². The fourth-order valence-electron chi connectivity index (χ4n) is 2.07. The summed E-state index contributed by atoms with van der Waals surface area (Å²) in [7, 11) is 0. The lowest BCUT2D eigenvalue weighted by molar-refractivity contribution is -0.0498. The molecule has 1 aromatic carbocycles. The van der Waals surface area contributed by atoms with E-state index in [1.807, 2.05) is 6.07 Å². The molecule has 88 valence electrons. The first-order valence-corrected chi connectivity index (χ1v) is 5.55. The Morgan fingerprint density at radius 1 is 1.25 bits per heavy atom. The van der Waals surface area contributed by atoms with E-state index in [0.717, 1.165) is 18.5 Å². The Labute approximate surface area is 93.6 Å². The van der Waals surface area contributed by atoms with Crippen LogP contribution in [-0.4, -0.2) is 12.7 Å². The highest BCUT2D eigenvalue weighted by atomic mass is 19.3. The van der Waals surface area contributed by atoms with Gasteiger partial charge >= 0.3 is 6.61 Å². The standard InChI is InChI=1S/C12H15F2NO/c13-12(14)16-11-7-3-6-10(8-11)15-9-4-1-2-5-9/h3,6-9,12,15H,1-2,4-5H2. The van der Waals surface area contributed by atoms with Crippen LogP contribution in [-0.2, 0) is 0 Å². The average Bonchev–Trinajstić information content (AvgIpc) is 2.70. The summed E-state index contributed by atoms with van der Waals surface area (Å²) in [6.07, 6.45) is 4.79. The molecule has 1 fully saturated rings. The first kappa shape index (κ1) is 11.2. The van der Waals surface area contributed by atoms with Gasteiger partial charge in [0.2, 0.25) is 0 Å². The second-order valence-electron chi connectivity index (χ2n) is 4.03. The second-order valence-corrected chi connectivity index (χ2v) is 4.03. The number of anilines is 1. The quantitative estimate of drug-likeness (QED) is 0.847. The normalized spacial score (nSPS) is 16.7. The van der Waals surface area contributed by atoms with Crippen LogP contribution in [0.15, 0.2) is 24.3 Å². The van der Waals surface area contributed by atoms with Gasteiger partial charge < -0.3 is 10.1 Å². The van der Waals surface area contributed by atoms with E-state index in [0.29, 0.717) is 6.04 Å². The summed E-state index contributed by atoms with van der Waals surface area (Å²) in [5, 5.41) is 3.33. The molecule has 0 heterocycles. The fraction of sp³-hybridized carbons (Fsp3) is 0.500. The SMILES string of the molecule is FC(F)Oc1cccc(NC2CCCC2)c1. The van der Waals surface area contributed by atoms with Gasteiger partial charge in [-0.2, -0.15) is 8.78 Å². The van der Waals surface area contributed by atoms with Gasteiger partial charge in [-0.1, -0.05) is 18.9 Å². The highest BCUT2D eigenvalue weighted by molar-refractivity contribution is 5.48. The van der Waals surface area contributed by atoms with Crippen molar-refractivity contribution in [1.82, 2.24) is 0 Å². The molecule has 16 heavy (non-hydrogen) atoms. The van der Waals surface area contributed by atoms with Gasteiger partial charge in [-0.05, 0) is 25.0 Å². The minimum absolute atomic E-state index is 0.206. The van der Waals surface area contributed by atoms with Gasteiger partial charge in [-0.25, -0.2) is 0 Å². The van der Waals surface area contributed by atoms with Gasteiger partial charge in [0.25, 0.3) is 0 Å². The van der Waals surface area contributed by atoms with Crippen LogP contribution in [0, 0.1) is 0 Å². The summed E-state index contributed by atoms with van der Waals surface area (Å²) < 4.78 is 28.4. The predicted molar refractivity (Wildman–Crippen MR) is 59.0 cm³/mol. The molecule has 1 aliphatic rings. The van der Waals surface area contributed by atoms with E-state index >= 15 is 0 Å². The third-order valence-corrected chi connectivity index (χ3v) is 2.79. The minimum atomic E-state index is -2.76. The van der Waals surface area contributed by atoms with Crippen LogP contribution < -0.4 is 10.1 Å². The van der Waals surface area contributed by atoms with E-state index in [-0.39, 0.29) is 5.75 Å². The van der Waals surface area contributed by atoms with Crippen molar-refractivity contribution in [3.63, 3.8) is 0 Å². The van der Waals surface area contributed by atoms with Gasteiger partial charge in [-0.15, -0.1) is 0 Å². The number of benzene rings is 1. The van der Waals surface area contributed by atoms with E-state index in [1.54, 1.807) is 12.1 Å². The monoisotopic (exact) mass is 227 g/mol. The number of ether oxygens (including phenoxy) is 1. The maximum Gasteiger partial charge on any atom is 0.387 e. The van der Waals surface area contributed by atoms with E-state index < -0.39 is 6.61 Å². The lowest BCUT2D eigenvalue weighted by Crippen LogP contribution is -2.14. The molecule has 1 aromatic rings. The Kier molecular flexibility index (Phi) is 3.59. The molecule has 2 rings (SSSR count). The maximum absolute atomic E-state index is 12.0. The van der Waals surface area contributed by atoms with Gasteiger partial charge in [0.15, 0.2) is 0 Å². The number of alkyl halides is 2. The average molecular weight is 227 g/mol. The van der Waals surface area contributed by atoms with Crippen molar-refractivity contribution in [2.75, 3.05) is 5.32 Å². The molecule has 1 saturated carbocycles. The number of hydrogen-bond donors (Lipinski definition) is 1. The minimum Gasteiger partial charge on any atom is -0.435 e. The van der Waals surface area contributed by atoms with E-state index in [4.69, 9.17) is 0 Å². The first-order valence-electron chi connectivity index (χ1n) is 5.55. The van der Waals surface area contributed by atoms with Gasteiger partial charge in [0.1, 0.15) is 5.75 Å². The summed E-state index contributed by atoms with van der Waals surface area (Å²) in [4.78, 5) is 0. The lowest BCUT2D eigenvalue weighted by atomic mass is 10.2. The van der Waals surface area contributed by atoms with E-state index in [9.17, 15) is 8.78 Å². The number of hydrogen-bond acceptors (Lipinski definition) is 2. The summed E-state index contributed by atoms with van der Waals surface area (Å²) in [5.74, 6) is 0.206. The number of nitrogens with one attached hydrogen (secondary N) is 1. The molecule has 1 aliphatic carbocycles. The molecule has 0 unspecified atom stereocenters. The third kappa shape index (κ3) is 3.08. The molecule has 0 atom stereocenters. The van der Waals surface area contributed by atoms with Crippen molar-refractivity contribution >= 4 is 5.69 Å². The summed E-state index contributed by atoms with van der Waals surface area (Å²) in [6, 6.07) is 7.21. The molecule has 1 N–H and O–H groups in total. The Balaban J connectivity index is 1.97. The lowest BCUT2D eigenvalue weighted by Gasteiger charge is -2.14. The smallest absolute Gasteiger partial charge is 0.387 e. The van der Waals surface area contributed by atoms with Gasteiger partial charge in [0, 0.05) is 17.8 Å². The fourth-order valence-corrected chi connectivity index (χ4v) is 2.07. The van der Waals surface area contributed by atoms with E-state index in [1.165, 1.54) is 18.9 Å². The van der Waals surface area contributed by atoms with Gasteiger partial charge in [-0.3, -0.25) is 0 Å². The van der Waals surface area contributed by atoms with Crippen LogP contribution in [0.1, 0.15) is 25.7 Å². The molecule has 2 nitrogen and oxygen atoms in total. The molecule has 0 amide bonds. The zero-order valence-corrected chi connectivity index (χ0v) is 8.96. The summed E-state index contributed by atoms with van der Waals surface area (Å²) >= 11 is 0. The molecule has 0 aliphatic heterocycles.